The lowest BCUT2D eigenvalue weighted by Gasteiger charge is -2.19. The maximum atomic E-state index is 5.58. The van der Waals surface area contributed by atoms with Crippen molar-refractivity contribution in [1.82, 2.24) is 0 Å². The summed E-state index contributed by atoms with van der Waals surface area (Å²) in [6, 6.07) is 6.25. The van der Waals surface area contributed by atoms with Crippen molar-refractivity contribution in [2.45, 2.75) is 26.2 Å². The molecule has 2 bridgehead atoms. The van der Waals surface area contributed by atoms with Crippen LogP contribution in [-0.2, 0) is 6.42 Å². The van der Waals surface area contributed by atoms with Gasteiger partial charge in [0.05, 0.1) is 12.9 Å². The van der Waals surface area contributed by atoms with Gasteiger partial charge < -0.3 is 9.47 Å². The van der Waals surface area contributed by atoms with E-state index in [1.807, 2.05) is 13.0 Å². The van der Waals surface area contributed by atoms with Crippen LogP contribution in [0, 0.1) is 17.8 Å². The Morgan fingerprint density at radius 3 is 2.70 bits per heavy atom. The summed E-state index contributed by atoms with van der Waals surface area (Å²) in [4.78, 5) is 0. The van der Waals surface area contributed by atoms with Crippen molar-refractivity contribution < 1.29 is 9.47 Å². The Labute approximate surface area is 121 Å². The van der Waals surface area contributed by atoms with Gasteiger partial charge in [-0.05, 0) is 61.6 Å². The second-order valence-electron chi connectivity index (χ2n) is 6.03. The van der Waals surface area contributed by atoms with Crippen LogP contribution in [0.5, 0.6) is 11.5 Å². The third-order valence-corrected chi connectivity index (χ3v) is 4.43. The SMILES string of the molecule is C=C(C)Oc1ccc(CC2CC3C=CC2C3)cc1OC. The smallest absolute Gasteiger partial charge is 0.168 e. The number of fused-ring (bicyclic) bond motifs is 2. The number of ether oxygens (including phenoxy) is 2. The van der Waals surface area contributed by atoms with Gasteiger partial charge in [-0.1, -0.05) is 24.8 Å². The Morgan fingerprint density at radius 2 is 2.10 bits per heavy atom. The van der Waals surface area contributed by atoms with E-state index in [0.717, 1.165) is 35.7 Å². The van der Waals surface area contributed by atoms with Crippen LogP contribution in [0.4, 0.5) is 0 Å². The lowest BCUT2D eigenvalue weighted by atomic mass is 9.87. The molecule has 0 aromatic heterocycles. The van der Waals surface area contributed by atoms with Gasteiger partial charge in [-0.2, -0.15) is 0 Å². The molecular weight excluding hydrogens is 248 g/mol. The van der Waals surface area contributed by atoms with Crippen molar-refractivity contribution in [2.24, 2.45) is 17.8 Å². The van der Waals surface area contributed by atoms with Gasteiger partial charge in [0.25, 0.3) is 0 Å². The third kappa shape index (κ3) is 2.60. The van der Waals surface area contributed by atoms with Gasteiger partial charge in [-0.3, -0.25) is 0 Å². The molecule has 106 valence electrons. The van der Waals surface area contributed by atoms with Crippen molar-refractivity contribution in [3.05, 3.63) is 48.3 Å². The van der Waals surface area contributed by atoms with Gasteiger partial charge in [-0.25, -0.2) is 0 Å². The number of methoxy groups -OCH3 is 1. The summed E-state index contributed by atoms with van der Waals surface area (Å²) < 4.78 is 11.0. The van der Waals surface area contributed by atoms with E-state index in [1.54, 1.807) is 7.11 Å². The van der Waals surface area contributed by atoms with Crippen LogP contribution in [0.3, 0.4) is 0 Å². The quantitative estimate of drug-likeness (QED) is 0.584. The van der Waals surface area contributed by atoms with Crippen LogP contribution >= 0.6 is 0 Å². The minimum Gasteiger partial charge on any atom is -0.493 e. The molecule has 3 rings (SSSR count). The van der Waals surface area contributed by atoms with Crippen molar-refractivity contribution in [3.63, 3.8) is 0 Å². The summed E-state index contributed by atoms with van der Waals surface area (Å²) in [5, 5.41) is 0. The molecule has 3 unspecified atom stereocenters. The molecule has 1 saturated carbocycles. The molecule has 2 aliphatic carbocycles. The van der Waals surface area contributed by atoms with E-state index in [4.69, 9.17) is 9.47 Å². The van der Waals surface area contributed by atoms with Crippen molar-refractivity contribution in [3.8, 4) is 11.5 Å². The van der Waals surface area contributed by atoms with E-state index in [2.05, 4.69) is 30.9 Å². The fourth-order valence-electron chi connectivity index (χ4n) is 3.54. The molecule has 0 N–H and O–H groups in total. The molecular formula is C18H22O2. The van der Waals surface area contributed by atoms with Crippen LogP contribution in [0.2, 0.25) is 0 Å². The maximum absolute atomic E-state index is 5.58. The van der Waals surface area contributed by atoms with Crippen molar-refractivity contribution in [2.75, 3.05) is 7.11 Å². The molecule has 1 fully saturated rings. The molecule has 0 amide bonds. The second kappa shape index (κ2) is 5.35. The van der Waals surface area contributed by atoms with E-state index in [1.165, 1.54) is 18.4 Å². The van der Waals surface area contributed by atoms with E-state index in [9.17, 15) is 0 Å². The van der Waals surface area contributed by atoms with E-state index in [0.29, 0.717) is 5.76 Å². The Kier molecular flexibility index (Phi) is 3.56. The molecule has 2 aliphatic rings. The molecule has 2 heteroatoms. The summed E-state index contributed by atoms with van der Waals surface area (Å²) in [6.45, 7) is 5.61. The third-order valence-electron chi connectivity index (χ3n) is 4.43. The number of rotatable bonds is 5. The monoisotopic (exact) mass is 270 g/mol. The molecule has 0 heterocycles. The fourth-order valence-corrected chi connectivity index (χ4v) is 3.54. The van der Waals surface area contributed by atoms with E-state index >= 15 is 0 Å². The van der Waals surface area contributed by atoms with Crippen LogP contribution in [0.15, 0.2) is 42.7 Å². The maximum Gasteiger partial charge on any atom is 0.168 e. The second-order valence-corrected chi connectivity index (χ2v) is 6.03. The average molecular weight is 270 g/mol. The first-order valence-corrected chi connectivity index (χ1v) is 7.34. The Balaban J connectivity index is 1.74. The van der Waals surface area contributed by atoms with Crippen molar-refractivity contribution in [1.29, 1.82) is 0 Å². The number of benzene rings is 1. The first kappa shape index (κ1) is 13.3. The van der Waals surface area contributed by atoms with E-state index < -0.39 is 0 Å². The predicted molar refractivity (Wildman–Crippen MR) is 81.0 cm³/mol. The van der Waals surface area contributed by atoms with Gasteiger partial charge in [0.2, 0.25) is 0 Å². The highest BCUT2D eigenvalue weighted by Crippen LogP contribution is 2.45. The zero-order chi connectivity index (χ0) is 14.1. The van der Waals surface area contributed by atoms with Gasteiger partial charge in [-0.15, -0.1) is 0 Å². The van der Waals surface area contributed by atoms with Crippen molar-refractivity contribution >= 4 is 0 Å². The predicted octanol–water partition coefficient (Wildman–Crippen LogP) is 4.36. The van der Waals surface area contributed by atoms with Crippen LogP contribution in [0.1, 0.15) is 25.3 Å². The van der Waals surface area contributed by atoms with E-state index in [-0.39, 0.29) is 0 Å². The average Bonchev–Trinajstić information content (AvgIpc) is 3.02. The van der Waals surface area contributed by atoms with Crippen LogP contribution < -0.4 is 9.47 Å². The largest absolute Gasteiger partial charge is 0.493 e. The van der Waals surface area contributed by atoms with Crippen LogP contribution in [-0.4, -0.2) is 7.11 Å². The molecule has 2 nitrogen and oxygen atoms in total. The zero-order valence-corrected chi connectivity index (χ0v) is 12.3. The van der Waals surface area contributed by atoms with Gasteiger partial charge in [0.15, 0.2) is 11.5 Å². The normalized spacial score (nSPS) is 26.8. The molecule has 0 radical (unpaired) electrons. The summed E-state index contributed by atoms with van der Waals surface area (Å²) in [6.07, 6.45) is 8.64. The molecule has 0 aliphatic heterocycles. The molecule has 1 aromatic rings. The van der Waals surface area contributed by atoms with Crippen LogP contribution in [0.25, 0.3) is 0 Å². The Hall–Kier alpha value is -1.70. The molecule has 0 spiro atoms. The van der Waals surface area contributed by atoms with Gasteiger partial charge >= 0.3 is 0 Å². The minimum absolute atomic E-state index is 0.675. The molecule has 1 aromatic carbocycles. The molecule has 3 atom stereocenters. The molecule has 0 saturated heterocycles. The first-order valence-electron chi connectivity index (χ1n) is 7.34. The first-order chi connectivity index (χ1) is 9.65. The summed E-state index contributed by atoms with van der Waals surface area (Å²) in [7, 11) is 1.69. The standard InChI is InChI=1S/C18H22O2/c1-12(2)20-17-7-5-14(11-18(17)19-3)10-16-9-13-4-6-15(16)8-13/h4-7,11,13,15-16H,1,8-10H2,2-3H3. The summed E-state index contributed by atoms with van der Waals surface area (Å²) in [5.74, 6) is 4.63. The lowest BCUT2D eigenvalue weighted by molar-refractivity contribution is 0.361. The summed E-state index contributed by atoms with van der Waals surface area (Å²) >= 11 is 0. The van der Waals surface area contributed by atoms with Gasteiger partial charge in [0, 0.05) is 0 Å². The number of allylic oxidation sites excluding steroid dienone is 3. The van der Waals surface area contributed by atoms with Gasteiger partial charge in [0.1, 0.15) is 0 Å². The summed E-state index contributed by atoms with van der Waals surface area (Å²) in [5.41, 5.74) is 1.34. The highest BCUT2D eigenvalue weighted by molar-refractivity contribution is 5.44. The minimum atomic E-state index is 0.675. The Bertz CT molecular complexity index is 544. The highest BCUT2D eigenvalue weighted by Gasteiger charge is 2.35. The lowest BCUT2D eigenvalue weighted by Crippen LogP contribution is -2.10. The topological polar surface area (TPSA) is 18.5 Å². The number of hydrogen-bond donors (Lipinski definition) is 0. The zero-order valence-electron chi connectivity index (χ0n) is 12.3. The Morgan fingerprint density at radius 1 is 1.25 bits per heavy atom. The number of hydrogen-bond acceptors (Lipinski definition) is 2. The fraction of sp³-hybridized carbons (Fsp3) is 0.444. The molecule has 20 heavy (non-hydrogen) atoms. The highest BCUT2D eigenvalue weighted by atomic mass is 16.5.